The Morgan fingerprint density at radius 2 is 1.82 bits per heavy atom. The molecule has 3 rings (SSSR count). The van der Waals surface area contributed by atoms with Crippen molar-refractivity contribution in [3.05, 3.63) is 94.5 Å². The molecule has 0 aromatic heterocycles. The molecule has 0 aliphatic rings. The van der Waals surface area contributed by atoms with Gasteiger partial charge in [-0.2, -0.15) is 5.10 Å². The van der Waals surface area contributed by atoms with E-state index in [2.05, 4.69) is 61.3 Å². The van der Waals surface area contributed by atoms with Crippen LogP contribution >= 0.6 is 11.8 Å². The van der Waals surface area contributed by atoms with Crippen molar-refractivity contribution in [1.29, 1.82) is 0 Å². The molecule has 0 atom stereocenters. The fourth-order valence-electron chi connectivity index (χ4n) is 3.30. The molecule has 0 amide bonds. The van der Waals surface area contributed by atoms with Gasteiger partial charge in [-0.1, -0.05) is 68.1 Å². The molecule has 33 heavy (non-hydrogen) atoms. The Morgan fingerprint density at radius 1 is 1.03 bits per heavy atom. The number of rotatable bonds is 9. The van der Waals surface area contributed by atoms with Crippen LogP contribution in [0, 0.1) is 6.92 Å². The Kier molecular flexibility index (Phi) is 8.95. The molecule has 0 saturated carbocycles. The van der Waals surface area contributed by atoms with Gasteiger partial charge >= 0.3 is 0 Å². The molecular weight excluding hydrogens is 430 g/mol. The van der Waals surface area contributed by atoms with Crippen molar-refractivity contribution in [1.82, 2.24) is 0 Å². The second-order valence-electron chi connectivity index (χ2n) is 8.01. The maximum Gasteiger partial charge on any atom is 0.180 e. The number of hydrogen-bond acceptors (Lipinski definition) is 5. The largest absolute Gasteiger partial charge is 0.496 e. The smallest absolute Gasteiger partial charge is 0.180 e. The minimum absolute atomic E-state index is 0.379. The highest BCUT2D eigenvalue weighted by Crippen LogP contribution is 2.29. The van der Waals surface area contributed by atoms with Crippen LogP contribution in [0.1, 0.15) is 47.6 Å². The van der Waals surface area contributed by atoms with Crippen LogP contribution in [-0.2, 0) is 12.4 Å². The van der Waals surface area contributed by atoms with E-state index >= 15 is 0 Å². The summed E-state index contributed by atoms with van der Waals surface area (Å²) in [6.07, 6.45) is 1.69. The van der Waals surface area contributed by atoms with Crippen molar-refractivity contribution in [3.63, 3.8) is 0 Å². The molecule has 5 nitrogen and oxygen atoms in total. The number of thioether (sulfide) groups is 1. The van der Waals surface area contributed by atoms with Crippen LogP contribution in [0.2, 0.25) is 0 Å². The molecule has 172 valence electrons. The third kappa shape index (κ3) is 7.39. The van der Waals surface area contributed by atoms with Crippen molar-refractivity contribution in [2.75, 3.05) is 7.11 Å². The van der Waals surface area contributed by atoms with E-state index in [1.807, 2.05) is 36.4 Å². The van der Waals surface area contributed by atoms with Gasteiger partial charge in [0.15, 0.2) is 5.17 Å². The Morgan fingerprint density at radius 3 is 2.55 bits per heavy atom. The van der Waals surface area contributed by atoms with E-state index in [0.717, 1.165) is 28.4 Å². The van der Waals surface area contributed by atoms with E-state index in [1.165, 1.54) is 28.5 Å². The Balaban J connectivity index is 1.67. The zero-order chi connectivity index (χ0) is 23.6. The first kappa shape index (κ1) is 24.4. The molecule has 0 spiro atoms. The van der Waals surface area contributed by atoms with Crippen molar-refractivity contribution >= 4 is 23.1 Å². The van der Waals surface area contributed by atoms with Gasteiger partial charge in [0, 0.05) is 11.3 Å². The predicted molar refractivity (Wildman–Crippen MR) is 140 cm³/mol. The molecule has 0 radical (unpaired) electrons. The molecule has 6 heteroatoms. The number of aryl methyl sites for hydroxylation is 1. The summed E-state index contributed by atoms with van der Waals surface area (Å²) in [5.74, 6) is 2.81. The van der Waals surface area contributed by atoms with Crippen molar-refractivity contribution in [2.45, 2.75) is 39.0 Å². The summed E-state index contributed by atoms with van der Waals surface area (Å²) < 4.78 is 11.7. The van der Waals surface area contributed by atoms with E-state index in [9.17, 15) is 0 Å². The third-order valence-corrected chi connectivity index (χ3v) is 5.93. The predicted octanol–water partition coefficient (Wildman–Crippen LogP) is 6.29. The summed E-state index contributed by atoms with van der Waals surface area (Å²) >= 11 is 1.46. The average molecular weight is 462 g/mol. The van der Waals surface area contributed by atoms with Gasteiger partial charge in [0.05, 0.1) is 13.3 Å². The first-order valence-corrected chi connectivity index (χ1v) is 11.9. The lowest BCUT2D eigenvalue weighted by Gasteiger charge is -2.16. The van der Waals surface area contributed by atoms with Gasteiger partial charge in [-0.3, -0.25) is 0 Å². The summed E-state index contributed by atoms with van der Waals surface area (Å²) in [6, 6.07) is 22.3. The second-order valence-corrected chi connectivity index (χ2v) is 9.01. The van der Waals surface area contributed by atoms with Gasteiger partial charge in [-0.25, -0.2) is 0 Å². The van der Waals surface area contributed by atoms with Gasteiger partial charge in [0.25, 0.3) is 0 Å². The average Bonchev–Trinajstić information content (AvgIpc) is 2.82. The zero-order valence-corrected chi connectivity index (χ0v) is 20.4. The number of benzene rings is 3. The molecule has 0 unspecified atom stereocenters. The Labute approximate surface area is 200 Å². The number of nitrogens with two attached hydrogens (primary N) is 1. The Hall–Kier alpha value is -3.25. The van der Waals surface area contributed by atoms with Crippen molar-refractivity contribution < 1.29 is 9.47 Å². The molecule has 0 fully saturated rings. The van der Waals surface area contributed by atoms with E-state index < -0.39 is 0 Å². The maximum atomic E-state index is 6.20. The first-order chi connectivity index (χ1) is 16.0. The van der Waals surface area contributed by atoms with Crippen LogP contribution in [-0.4, -0.2) is 18.5 Å². The highest BCUT2D eigenvalue weighted by molar-refractivity contribution is 8.13. The minimum Gasteiger partial charge on any atom is -0.496 e. The third-order valence-electron chi connectivity index (χ3n) is 5.07. The van der Waals surface area contributed by atoms with E-state index in [-0.39, 0.29) is 0 Å². The fraction of sp³-hybridized carbons (Fsp3) is 0.259. The number of methoxy groups -OCH3 is 1. The number of amidine groups is 1. The molecular formula is C27H31N3O2S. The van der Waals surface area contributed by atoms with Gasteiger partial charge in [-0.05, 0) is 59.4 Å². The van der Waals surface area contributed by atoms with Crippen LogP contribution in [0.25, 0.3) is 0 Å². The lowest BCUT2D eigenvalue weighted by Crippen LogP contribution is -2.06. The molecule has 0 bridgehead atoms. The Bertz CT molecular complexity index is 1110. The molecule has 0 saturated heterocycles. The van der Waals surface area contributed by atoms with Gasteiger partial charge in [-0.15, -0.1) is 5.10 Å². The quantitative estimate of drug-likeness (QED) is 0.231. The van der Waals surface area contributed by atoms with Gasteiger partial charge < -0.3 is 15.2 Å². The molecule has 0 aliphatic carbocycles. The zero-order valence-electron chi connectivity index (χ0n) is 19.6. The van der Waals surface area contributed by atoms with Gasteiger partial charge in [0.1, 0.15) is 18.1 Å². The topological polar surface area (TPSA) is 69.2 Å². The summed E-state index contributed by atoms with van der Waals surface area (Å²) in [5.41, 5.74) is 11.4. The number of hydrogen-bond donors (Lipinski definition) is 1. The second kappa shape index (κ2) is 12.1. The summed E-state index contributed by atoms with van der Waals surface area (Å²) in [6.45, 7) is 6.80. The first-order valence-electron chi connectivity index (χ1n) is 10.9. The van der Waals surface area contributed by atoms with Crippen molar-refractivity contribution in [2.24, 2.45) is 15.9 Å². The van der Waals surface area contributed by atoms with Crippen molar-refractivity contribution in [3.8, 4) is 11.5 Å². The van der Waals surface area contributed by atoms with E-state index in [0.29, 0.717) is 17.7 Å². The fourth-order valence-corrected chi connectivity index (χ4v) is 3.92. The number of ether oxygens (including phenoxy) is 2. The normalized spacial score (nSPS) is 11.8. The molecule has 2 N–H and O–H groups in total. The molecule has 3 aromatic carbocycles. The summed E-state index contributed by atoms with van der Waals surface area (Å²) in [7, 11) is 1.66. The molecule has 3 aromatic rings. The minimum atomic E-state index is 0.379. The van der Waals surface area contributed by atoms with Crippen LogP contribution < -0.4 is 15.2 Å². The standard InChI is InChI=1S/C27H31N3O2S/c1-19(2)24-12-10-20(3)14-26(24)32-17-23-15-22(11-13-25(23)31-4)16-29-30-27(28)33-18-21-8-6-5-7-9-21/h5-16,19H,17-18H2,1-4H3,(H2,28,30). The van der Waals surface area contributed by atoms with Gasteiger partial charge in [0.2, 0.25) is 0 Å². The monoisotopic (exact) mass is 461 g/mol. The SMILES string of the molecule is COc1ccc(C=NN=C(N)SCc2ccccc2)cc1COc1cc(C)ccc1C(C)C. The van der Waals surface area contributed by atoms with E-state index in [1.54, 1.807) is 13.3 Å². The molecule has 0 aliphatic heterocycles. The molecule has 0 heterocycles. The summed E-state index contributed by atoms with van der Waals surface area (Å²) in [5, 5.41) is 8.68. The van der Waals surface area contributed by atoms with E-state index in [4.69, 9.17) is 15.2 Å². The highest BCUT2D eigenvalue weighted by Gasteiger charge is 2.10. The summed E-state index contributed by atoms with van der Waals surface area (Å²) in [4.78, 5) is 0. The maximum absolute atomic E-state index is 6.20. The lowest BCUT2D eigenvalue weighted by molar-refractivity contribution is 0.292. The van der Waals surface area contributed by atoms with Crippen LogP contribution in [0.5, 0.6) is 11.5 Å². The number of nitrogens with zero attached hydrogens (tertiary/aromatic N) is 2. The van der Waals surface area contributed by atoms with Crippen LogP contribution in [0.15, 0.2) is 76.9 Å². The lowest BCUT2D eigenvalue weighted by atomic mass is 10.0. The highest BCUT2D eigenvalue weighted by atomic mass is 32.2. The van der Waals surface area contributed by atoms with Crippen LogP contribution in [0.3, 0.4) is 0 Å². The van der Waals surface area contributed by atoms with Crippen LogP contribution in [0.4, 0.5) is 0 Å².